The number of hydrogen-bond donors (Lipinski definition) is 3. The number of carbonyl (C=O) groups excluding carboxylic acids is 2. The van der Waals surface area contributed by atoms with Crippen molar-refractivity contribution in [3.8, 4) is 0 Å². The molecule has 3 N–H and O–H groups in total. The molecule has 0 saturated heterocycles. The Morgan fingerprint density at radius 3 is 2.42 bits per heavy atom. The molecule has 2 amide bonds. The minimum absolute atomic E-state index is 0.0662. The summed E-state index contributed by atoms with van der Waals surface area (Å²) in [5, 5.41) is 14.0. The van der Waals surface area contributed by atoms with Crippen LogP contribution in [0.3, 0.4) is 0 Å². The predicted octanol–water partition coefficient (Wildman–Crippen LogP) is 2.27. The molecule has 132 valence electrons. The molecule has 0 aliphatic heterocycles. The lowest BCUT2D eigenvalue weighted by molar-refractivity contribution is -0.142. The Morgan fingerprint density at radius 1 is 1.29 bits per heavy atom. The van der Waals surface area contributed by atoms with E-state index in [9.17, 15) is 23.9 Å². The summed E-state index contributed by atoms with van der Waals surface area (Å²) >= 11 is 5.56. The number of aliphatic carboxylic acids is 1. The van der Waals surface area contributed by atoms with Gasteiger partial charge < -0.3 is 15.7 Å². The van der Waals surface area contributed by atoms with Crippen LogP contribution in [0.1, 0.15) is 38.8 Å². The number of halogens is 2. The summed E-state index contributed by atoms with van der Waals surface area (Å²) in [7, 11) is 0. The second-order valence-corrected chi connectivity index (χ2v) is 6.68. The van der Waals surface area contributed by atoms with Crippen LogP contribution in [0.2, 0.25) is 5.02 Å². The Bertz CT molecular complexity index is 643. The summed E-state index contributed by atoms with van der Waals surface area (Å²) in [5.41, 5.74) is -0.516. The van der Waals surface area contributed by atoms with E-state index in [0.717, 1.165) is 6.07 Å². The molecule has 0 saturated carbocycles. The molecule has 0 bridgehead atoms. The van der Waals surface area contributed by atoms with Crippen molar-refractivity contribution in [1.82, 2.24) is 10.6 Å². The number of hydrogen-bond acceptors (Lipinski definition) is 3. The van der Waals surface area contributed by atoms with E-state index in [1.807, 2.05) is 0 Å². The summed E-state index contributed by atoms with van der Waals surface area (Å²) in [5.74, 6) is -2.90. The second-order valence-electron chi connectivity index (χ2n) is 6.27. The van der Waals surface area contributed by atoms with Gasteiger partial charge in [0.05, 0.1) is 5.02 Å². The van der Waals surface area contributed by atoms with E-state index in [0.29, 0.717) is 0 Å². The predicted molar refractivity (Wildman–Crippen MR) is 87.0 cm³/mol. The number of carboxylic acids is 1. The van der Waals surface area contributed by atoms with E-state index in [1.165, 1.54) is 12.1 Å². The fraction of sp³-hybridized carbons (Fsp3) is 0.438. The van der Waals surface area contributed by atoms with Crippen LogP contribution in [-0.2, 0) is 14.4 Å². The molecule has 1 rings (SSSR count). The van der Waals surface area contributed by atoms with Gasteiger partial charge >= 0.3 is 5.97 Å². The highest BCUT2D eigenvalue weighted by Gasteiger charge is 2.24. The number of nitrogens with one attached hydrogen (secondary N) is 2. The number of carboxylic acid groups (broad SMARTS) is 1. The van der Waals surface area contributed by atoms with E-state index < -0.39 is 29.2 Å². The van der Waals surface area contributed by atoms with Gasteiger partial charge in [0.25, 0.3) is 0 Å². The zero-order chi connectivity index (χ0) is 18.5. The third-order valence-corrected chi connectivity index (χ3v) is 3.45. The first-order valence-corrected chi connectivity index (χ1v) is 7.65. The van der Waals surface area contributed by atoms with Crippen LogP contribution in [-0.4, -0.2) is 29.4 Å². The summed E-state index contributed by atoms with van der Waals surface area (Å²) in [6, 6.07) is 2.11. The third-order valence-electron chi connectivity index (χ3n) is 3.15. The van der Waals surface area contributed by atoms with Crippen LogP contribution in [0.25, 0.3) is 0 Å². The maximum Gasteiger partial charge on any atom is 0.330 e. The topological polar surface area (TPSA) is 95.5 Å². The highest BCUT2D eigenvalue weighted by Crippen LogP contribution is 2.20. The Balaban J connectivity index is 2.66. The molecule has 0 aromatic heterocycles. The summed E-state index contributed by atoms with van der Waals surface area (Å²) in [4.78, 5) is 34.9. The zero-order valence-corrected chi connectivity index (χ0v) is 14.4. The first-order valence-electron chi connectivity index (χ1n) is 7.28. The van der Waals surface area contributed by atoms with Gasteiger partial charge in [-0.05, 0) is 17.7 Å². The fourth-order valence-electron chi connectivity index (χ4n) is 1.77. The maximum absolute atomic E-state index is 13.5. The zero-order valence-electron chi connectivity index (χ0n) is 13.7. The van der Waals surface area contributed by atoms with Gasteiger partial charge in [-0.25, -0.2) is 9.18 Å². The van der Waals surface area contributed by atoms with Crippen molar-refractivity contribution in [2.75, 3.05) is 6.54 Å². The van der Waals surface area contributed by atoms with Crippen LogP contribution in [0, 0.1) is 11.2 Å². The largest absolute Gasteiger partial charge is 0.479 e. The van der Waals surface area contributed by atoms with E-state index in [2.05, 4.69) is 10.6 Å². The molecule has 0 radical (unpaired) electrons. The van der Waals surface area contributed by atoms with E-state index >= 15 is 0 Å². The van der Waals surface area contributed by atoms with Gasteiger partial charge in [-0.1, -0.05) is 38.4 Å². The molecule has 0 spiro atoms. The average molecular weight is 359 g/mol. The van der Waals surface area contributed by atoms with Gasteiger partial charge in [0.1, 0.15) is 5.82 Å². The third kappa shape index (κ3) is 5.81. The van der Waals surface area contributed by atoms with Gasteiger partial charge in [-0.3, -0.25) is 9.59 Å². The van der Waals surface area contributed by atoms with Gasteiger partial charge in [-0.15, -0.1) is 0 Å². The van der Waals surface area contributed by atoms with Gasteiger partial charge in [0.2, 0.25) is 11.8 Å². The highest BCUT2D eigenvalue weighted by atomic mass is 35.5. The van der Waals surface area contributed by atoms with E-state index in [4.69, 9.17) is 11.6 Å². The SMILES string of the molecule is CC(C)(C)C(=O)NCCC(=O)NC(C(=O)O)c1ccc(Cl)c(F)c1. The Kier molecular flexibility index (Phi) is 6.71. The van der Waals surface area contributed by atoms with Crippen LogP contribution >= 0.6 is 11.6 Å². The standard InChI is InChI=1S/C16H20ClFN2O4/c1-16(2,3)15(24)19-7-6-12(21)20-13(14(22)23)9-4-5-10(17)11(18)8-9/h4-5,8,13H,6-7H2,1-3H3,(H,19,24)(H,20,21)(H,22,23). The van der Waals surface area contributed by atoms with Crippen molar-refractivity contribution >= 4 is 29.4 Å². The van der Waals surface area contributed by atoms with Gasteiger partial charge in [0, 0.05) is 18.4 Å². The van der Waals surface area contributed by atoms with Crippen LogP contribution < -0.4 is 10.6 Å². The Labute approximate surface area is 144 Å². The Morgan fingerprint density at radius 2 is 1.92 bits per heavy atom. The average Bonchev–Trinajstić information content (AvgIpc) is 2.46. The van der Waals surface area contributed by atoms with E-state index in [-0.39, 0.29) is 29.5 Å². The van der Waals surface area contributed by atoms with Crippen molar-refractivity contribution < 1.29 is 23.9 Å². The minimum Gasteiger partial charge on any atom is -0.479 e. The number of carbonyl (C=O) groups is 3. The molecule has 1 unspecified atom stereocenters. The second kappa shape index (κ2) is 8.10. The monoisotopic (exact) mass is 358 g/mol. The van der Waals surface area contributed by atoms with Gasteiger partial charge in [0.15, 0.2) is 6.04 Å². The molecular weight excluding hydrogens is 339 g/mol. The van der Waals surface area contributed by atoms with E-state index in [1.54, 1.807) is 20.8 Å². The number of benzene rings is 1. The molecule has 1 atom stereocenters. The van der Waals surface area contributed by atoms with Crippen molar-refractivity contribution in [2.24, 2.45) is 5.41 Å². The molecule has 6 nitrogen and oxygen atoms in total. The molecule has 0 aliphatic carbocycles. The van der Waals surface area contributed by atoms with Gasteiger partial charge in [-0.2, -0.15) is 0 Å². The van der Waals surface area contributed by atoms with Crippen LogP contribution in [0.5, 0.6) is 0 Å². The molecule has 0 aliphatic rings. The minimum atomic E-state index is -1.40. The van der Waals surface area contributed by atoms with Crippen molar-refractivity contribution in [3.63, 3.8) is 0 Å². The first kappa shape index (κ1) is 19.9. The smallest absolute Gasteiger partial charge is 0.330 e. The fourth-order valence-corrected chi connectivity index (χ4v) is 1.89. The quantitative estimate of drug-likeness (QED) is 0.727. The van der Waals surface area contributed by atoms with Crippen molar-refractivity contribution in [2.45, 2.75) is 33.2 Å². The summed E-state index contributed by atoms with van der Waals surface area (Å²) < 4.78 is 13.5. The summed E-state index contributed by atoms with van der Waals surface area (Å²) in [6.07, 6.45) is -0.0956. The van der Waals surface area contributed by atoms with Crippen LogP contribution in [0.4, 0.5) is 4.39 Å². The molecule has 0 heterocycles. The number of rotatable bonds is 6. The molecular formula is C16H20ClFN2O4. The Hall–Kier alpha value is -2.15. The van der Waals surface area contributed by atoms with Crippen molar-refractivity contribution in [1.29, 1.82) is 0 Å². The molecule has 1 aromatic carbocycles. The molecule has 24 heavy (non-hydrogen) atoms. The normalized spacial score (nSPS) is 12.4. The number of amides is 2. The lowest BCUT2D eigenvalue weighted by atomic mass is 9.96. The highest BCUT2D eigenvalue weighted by molar-refractivity contribution is 6.30. The first-order chi connectivity index (χ1) is 11.0. The maximum atomic E-state index is 13.5. The van der Waals surface area contributed by atoms with Crippen molar-refractivity contribution in [3.05, 3.63) is 34.6 Å². The molecule has 1 aromatic rings. The van der Waals surface area contributed by atoms with Crippen LogP contribution in [0.15, 0.2) is 18.2 Å². The lowest BCUT2D eigenvalue weighted by Gasteiger charge is -2.18. The lowest BCUT2D eigenvalue weighted by Crippen LogP contribution is -2.39. The molecule has 0 fully saturated rings. The summed E-state index contributed by atoms with van der Waals surface area (Å²) in [6.45, 7) is 5.27. The molecule has 8 heteroatoms.